The van der Waals surface area contributed by atoms with Crippen LogP contribution in [0.5, 0.6) is 0 Å². The normalized spacial score (nSPS) is 24.1. The summed E-state index contributed by atoms with van der Waals surface area (Å²) in [5.41, 5.74) is -1.56. The van der Waals surface area contributed by atoms with Crippen molar-refractivity contribution in [2.45, 2.75) is 165 Å². The standard InChI is InChI=1S/C34H58N6O7S/c1-5-6-14-25(27(41)30(43)36-24-16-17-24)37-29(42)26-15-13-22-40(26)31(44)28(33(3)18-9-7-10-19-33)38-32(45)39-34(20-11-8-12-21-34)23(2)48(46,47)35-4/h23-26,28,35H,5-22H2,1-4H3,(H,36,43)(H,37,42)(H2,38,39,45)/t23?,25-,26-,28+/m0/s1. The Morgan fingerprint density at radius 3 is 2.08 bits per heavy atom. The minimum absolute atomic E-state index is 0.0126. The van der Waals surface area contributed by atoms with E-state index < -0.39 is 68.0 Å². The number of hydrogen-bond donors (Lipinski definition) is 5. The topological polar surface area (TPSA) is 183 Å². The van der Waals surface area contributed by atoms with Gasteiger partial charge in [0.05, 0.1) is 16.8 Å². The van der Waals surface area contributed by atoms with Crippen molar-refractivity contribution in [3.05, 3.63) is 0 Å². The summed E-state index contributed by atoms with van der Waals surface area (Å²) in [4.78, 5) is 69.3. The van der Waals surface area contributed by atoms with Crippen LogP contribution in [0, 0.1) is 5.41 Å². The van der Waals surface area contributed by atoms with Crippen molar-refractivity contribution in [2.75, 3.05) is 13.6 Å². The van der Waals surface area contributed by atoms with Crippen LogP contribution in [0.4, 0.5) is 4.79 Å². The Bertz CT molecular complexity index is 1290. The van der Waals surface area contributed by atoms with Crippen LogP contribution in [0.25, 0.3) is 0 Å². The van der Waals surface area contributed by atoms with Gasteiger partial charge in [0.1, 0.15) is 12.1 Å². The van der Waals surface area contributed by atoms with Gasteiger partial charge in [-0.2, -0.15) is 0 Å². The predicted molar refractivity (Wildman–Crippen MR) is 182 cm³/mol. The maximum atomic E-state index is 14.5. The van der Waals surface area contributed by atoms with Crippen molar-refractivity contribution >= 4 is 39.6 Å². The second-order valence-electron chi connectivity index (χ2n) is 14.9. The van der Waals surface area contributed by atoms with Gasteiger partial charge < -0.3 is 26.2 Å². The minimum atomic E-state index is -3.70. The zero-order chi connectivity index (χ0) is 35.1. The number of nitrogens with zero attached hydrogens (tertiary/aromatic N) is 1. The largest absolute Gasteiger partial charge is 0.347 e. The zero-order valence-corrected chi connectivity index (χ0v) is 30.1. The molecule has 1 saturated heterocycles. The molecule has 4 rings (SSSR count). The number of carbonyl (C=O) groups excluding carboxylic acids is 5. The third-order valence-corrected chi connectivity index (χ3v) is 13.3. The Balaban J connectivity index is 1.53. The fourth-order valence-corrected chi connectivity index (χ4v) is 9.16. The van der Waals surface area contributed by atoms with E-state index in [1.165, 1.54) is 11.9 Å². The molecule has 13 nitrogen and oxygen atoms in total. The lowest BCUT2D eigenvalue weighted by molar-refractivity contribution is -0.144. The molecule has 3 saturated carbocycles. The van der Waals surface area contributed by atoms with Crippen molar-refractivity contribution < 1.29 is 32.4 Å². The maximum absolute atomic E-state index is 14.5. The summed E-state index contributed by atoms with van der Waals surface area (Å²) in [6.07, 6.45) is 12.2. The van der Waals surface area contributed by atoms with Gasteiger partial charge in [-0.1, -0.05) is 65.2 Å². The molecular weight excluding hydrogens is 636 g/mol. The van der Waals surface area contributed by atoms with Crippen LogP contribution < -0.4 is 26.0 Å². The number of nitrogens with one attached hydrogen (secondary N) is 5. The van der Waals surface area contributed by atoms with E-state index in [0.717, 1.165) is 57.8 Å². The zero-order valence-electron chi connectivity index (χ0n) is 29.3. The second-order valence-corrected chi connectivity index (χ2v) is 17.1. The molecule has 272 valence electrons. The number of rotatable bonds is 15. The van der Waals surface area contributed by atoms with Gasteiger partial charge >= 0.3 is 6.03 Å². The van der Waals surface area contributed by atoms with Gasteiger partial charge in [0, 0.05) is 12.6 Å². The van der Waals surface area contributed by atoms with E-state index in [9.17, 15) is 32.4 Å². The molecule has 1 aliphatic heterocycles. The lowest BCUT2D eigenvalue weighted by Crippen LogP contribution is -2.66. The van der Waals surface area contributed by atoms with Gasteiger partial charge in [-0.25, -0.2) is 17.9 Å². The molecule has 0 aromatic rings. The van der Waals surface area contributed by atoms with Gasteiger partial charge in [0.25, 0.3) is 5.91 Å². The monoisotopic (exact) mass is 694 g/mol. The first-order valence-electron chi connectivity index (χ1n) is 18.2. The van der Waals surface area contributed by atoms with Crippen molar-refractivity contribution in [3.8, 4) is 0 Å². The molecule has 4 atom stereocenters. The number of urea groups is 1. The Hall–Kier alpha value is -2.74. The number of unbranched alkanes of at least 4 members (excludes halogenated alkanes) is 1. The average molecular weight is 695 g/mol. The van der Waals surface area contributed by atoms with Crippen LogP contribution in [0.2, 0.25) is 0 Å². The molecule has 5 amide bonds. The average Bonchev–Trinajstić information content (AvgIpc) is 3.75. The predicted octanol–water partition coefficient (Wildman–Crippen LogP) is 2.78. The van der Waals surface area contributed by atoms with Crippen LogP contribution in [-0.2, 0) is 29.2 Å². The first-order valence-corrected chi connectivity index (χ1v) is 19.8. The van der Waals surface area contributed by atoms with E-state index in [0.29, 0.717) is 57.9 Å². The highest BCUT2D eigenvalue weighted by atomic mass is 32.2. The molecule has 0 bridgehead atoms. The fourth-order valence-electron chi connectivity index (χ4n) is 7.92. The van der Waals surface area contributed by atoms with Crippen molar-refractivity contribution in [3.63, 3.8) is 0 Å². The first kappa shape index (κ1) is 38.1. The highest BCUT2D eigenvalue weighted by molar-refractivity contribution is 7.90. The molecule has 0 radical (unpaired) electrons. The van der Waals surface area contributed by atoms with E-state index in [1.54, 1.807) is 6.92 Å². The van der Waals surface area contributed by atoms with E-state index in [2.05, 4.69) is 26.0 Å². The van der Waals surface area contributed by atoms with E-state index in [-0.39, 0.29) is 11.9 Å². The molecular formula is C34H58N6O7S. The lowest BCUT2D eigenvalue weighted by atomic mass is 9.70. The Morgan fingerprint density at radius 2 is 1.50 bits per heavy atom. The molecule has 4 aliphatic rings. The number of sulfonamides is 1. The third-order valence-electron chi connectivity index (χ3n) is 11.3. The van der Waals surface area contributed by atoms with Crippen molar-refractivity contribution in [1.29, 1.82) is 0 Å². The fraction of sp³-hybridized carbons (Fsp3) is 0.853. The lowest BCUT2D eigenvalue weighted by Gasteiger charge is -2.45. The molecule has 1 unspecified atom stereocenters. The van der Waals surface area contributed by atoms with Crippen LogP contribution in [-0.4, -0.2) is 91.4 Å². The maximum Gasteiger partial charge on any atom is 0.315 e. The molecule has 48 heavy (non-hydrogen) atoms. The smallest absolute Gasteiger partial charge is 0.315 e. The van der Waals surface area contributed by atoms with Crippen LogP contribution in [0.3, 0.4) is 0 Å². The summed E-state index contributed by atoms with van der Waals surface area (Å²) in [7, 11) is -2.33. The van der Waals surface area contributed by atoms with Crippen LogP contribution in [0.1, 0.15) is 130 Å². The van der Waals surface area contributed by atoms with Gasteiger partial charge in [-0.3, -0.25) is 19.2 Å². The summed E-state index contributed by atoms with van der Waals surface area (Å²) in [5, 5.41) is 10.7. The number of likely N-dealkylation sites (tertiary alicyclic amines) is 1. The molecule has 0 aromatic carbocycles. The third kappa shape index (κ3) is 9.08. The minimum Gasteiger partial charge on any atom is -0.347 e. The van der Waals surface area contributed by atoms with Crippen LogP contribution in [0.15, 0.2) is 0 Å². The second kappa shape index (κ2) is 16.3. The van der Waals surface area contributed by atoms with Crippen molar-refractivity contribution in [1.82, 2.24) is 30.9 Å². The molecule has 14 heteroatoms. The summed E-state index contributed by atoms with van der Waals surface area (Å²) < 4.78 is 28.3. The first-order chi connectivity index (χ1) is 22.8. The molecule has 3 aliphatic carbocycles. The Kier molecular flexibility index (Phi) is 12.9. The van der Waals surface area contributed by atoms with Crippen molar-refractivity contribution in [2.24, 2.45) is 5.41 Å². The number of Topliss-reactive ketones (excluding diaryl/α,β-unsaturated/α-hetero) is 1. The van der Waals surface area contributed by atoms with E-state index in [4.69, 9.17) is 0 Å². The van der Waals surface area contributed by atoms with Crippen LogP contribution >= 0.6 is 0 Å². The number of hydrogen-bond acceptors (Lipinski definition) is 7. The van der Waals surface area contributed by atoms with E-state index in [1.807, 2.05) is 13.8 Å². The molecule has 4 fully saturated rings. The SMILES string of the molecule is CCCC[C@H](NC(=O)[C@@H]1CCCN1C(=O)[C@@H](NC(=O)NC1(C(C)S(=O)(=O)NC)CCCCC1)C1(C)CCCCC1)C(=O)C(=O)NC1CC1. The Labute approximate surface area is 286 Å². The summed E-state index contributed by atoms with van der Waals surface area (Å²) in [6, 6.07) is -3.34. The van der Waals surface area contributed by atoms with Gasteiger partial charge in [0.2, 0.25) is 27.6 Å². The number of ketones is 1. The molecule has 0 spiro atoms. The van der Waals surface area contributed by atoms with Gasteiger partial charge in [0.15, 0.2) is 0 Å². The summed E-state index contributed by atoms with van der Waals surface area (Å²) in [6.45, 7) is 5.91. The highest BCUT2D eigenvalue weighted by Gasteiger charge is 2.49. The quantitative estimate of drug-likeness (QED) is 0.163. The highest BCUT2D eigenvalue weighted by Crippen LogP contribution is 2.40. The Morgan fingerprint density at radius 1 is 0.875 bits per heavy atom. The van der Waals surface area contributed by atoms with Gasteiger partial charge in [-0.15, -0.1) is 0 Å². The molecule has 0 aromatic heterocycles. The molecule has 5 N–H and O–H groups in total. The molecule has 1 heterocycles. The van der Waals surface area contributed by atoms with Gasteiger partial charge in [-0.05, 0) is 77.2 Å². The number of amides is 5. The summed E-state index contributed by atoms with van der Waals surface area (Å²) >= 11 is 0. The van der Waals surface area contributed by atoms with E-state index >= 15 is 0 Å². The number of carbonyl (C=O) groups is 5. The summed E-state index contributed by atoms with van der Waals surface area (Å²) in [5.74, 6) is -2.19.